The van der Waals surface area contributed by atoms with Gasteiger partial charge in [0.15, 0.2) is 17.3 Å². The fourth-order valence-corrected chi connectivity index (χ4v) is 2.96. The molecular formula is C18H28ClN3O5. The van der Waals surface area contributed by atoms with E-state index in [0.29, 0.717) is 37.7 Å². The quantitative estimate of drug-likeness (QED) is 0.259. The molecule has 27 heavy (non-hydrogen) atoms. The van der Waals surface area contributed by atoms with Gasteiger partial charge in [0, 0.05) is 31.6 Å². The van der Waals surface area contributed by atoms with Gasteiger partial charge in [0.25, 0.3) is 0 Å². The van der Waals surface area contributed by atoms with Crippen LogP contribution >= 0.6 is 12.4 Å². The van der Waals surface area contributed by atoms with E-state index in [1.54, 1.807) is 26.4 Å². The molecule has 0 radical (unpaired) electrons. The summed E-state index contributed by atoms with van der Waals surface area (Å²) < 4.78 is 16.2. The van der Waals surface area contributed by atoms with E-state index in [1.165, 1.54) is 6.08 Å². The first-order chi connectivity index (χ1) is 12.6. The van der Waals surface area contributed by atoms with E-state index in [9.17, 15) is 5.11 Å². The second kappa shape index (κ2) is 11.7. The summed E-state index contributed by atoms with van der Waals surface area (Å²) in [4.78, 5) is 2.17. The number of hydrogen-bond acceptors (Lipinski definition) is 7. The summed E-state index contributed by atoms with van der Waals surface area (Å²) in [6, 6.07) is 3.63. The van der Waals surface area contributed by atoms with Crippen LogP contribution in [0.4, 0.5) is 0 Å². The summed E-state index contributed by atoms with van der Waals surface area (Å²) in [5, 5.41) is 22.2. The largest absolute Gasteiger partial charge is 0.493 e. The molecule has 1 atom stereocenters. The van der Waals surface area contributed by atoms with Crippen LogP contribution in [0.1, 0.15) is 11.1 Å². The van der Waals surface area contributed by atoms with Crippen molar-refractivity contribution in [3.8, 4) is 11.5 Å². The Labute approximate surface area is 165 Å². The van der Waals surface area contributed by atoms with E-state index < -0.39 is 6.10 Å². The first kappa shape index (κ1) is 23.0. The fraction of sp³-hybridized carbons (Fsp3) is 0.500. The Morgan fingerprint density at radius 1 is 1.33 bits per heavy atom. The van der Waals surface area contributed by atoms with Crippen LogP contribution in [0.15, 0.2) is 23.4 Å². The number of rotatable bonds is 8. The lowest BCUT2D eigenvalue weighted by Gasteiger charge is -2.29. The van der Waals surface area contributed by atoms with Crippen LogP contribution in [0.3, 0.4) is 0 Å². The van der Waals surface area contributed by atoms with E-state index in [2.05, 4.69) is 10.1 Å². The lowest BCUT2D eigenvalue weighted by Crippen LogP contribution is -2.41. The first-order valence-electron chi connectivity index (χ1n) is 8.46. The summed E-state index contributed by atoms with van der Waals surface area (Å²) in [7, 11) is 3.13. The summed E-state index contributed by atoms with van der Waals surface area (Å²) in [5.74, 6) is 1.14. The number of oxime groups is 1. The van der Waals surface area contributed by atoms with Crippen LogP contribution in [0.2, 0.25) is 0 Å². The minimum absolute atomic E-state index is 0. The highest BCUT2D eigenvalue weighted by Gasteiger charge is 2.20. The number of halogens is 1. The van der Waals surface area contributed by atoms with Gasteiger partial charge < -0.3 is 30.3 Å². The molecule has 152 valence electrons. The lowest BCUT2D eigenvalue weighted by molar-refractivity contribution is 0.0148. The molecule has 4 N–H and O–H groups in total. The van der Waals surface area contributed by atoms with Crippen molar-refractivity contribution in [1.29, 1.82) is 0 Å². The number of nitrogens with two attached hydrogens (primary N) is 1. The van der Waals surface area contributed by atoms with Gasteiger partial charge in [-0.05, 0) is 17.7 Å². The third-order valence-corrected chi connectivity index (χ3v) is 4.25. The molecule has 2 rings (SSSR count). The molecule has 1 unspecified atom stereocenters. The molecule has 1 aromatic rings. The first-order valence-corrected chi connectivity index (χ1v) is 8.46. The number of hydrogen-bond donors (Lipinski definition) is 3. The molecule has 1 heterocycles. The average Bonchev–Trinajstić information content (AvgIpc) is 2.66. The topological polar surface area (TPSA) is 110 Å². The summed E-state index contributed by atoms with van der Waals surface area (Å²) in [6.45, 7) is 3.53. The number of morpholine rings is 1. The molecule has 0 spiro atoms. The van der Waals surface area contributed by atoms with Crippen molar-refractivity contribution in [2.45, 2.75) is 12.5 Å². The van der Waals surface area contributed by atoms with E-state index in [0.717, 1.165) is 24.2 Å². The van der Waals surface area contributed by atoms with Crippen molar-refractivity contribution >= 4 is 24.3 Å². The molecule has 8 nitrogen and oxygen atoms in total. The maximum atomic E-state index is 10.6. The second-order valence-electron chi connectivity index (χ2n) is 6.00. The van der Waals surface area contributed by atoms with Gasteiger partial charge in [-0.2, -0.15) is 0 Å². The zero-order chi connectivity index (χ0) is 18.9. The van der Waals surface area contributed by atoms with Crippen molar-refractivity contribution in [3.05, 3.63) is 29.3 Å². The van der Waals surface area contributed by atoms with Gasteiger partial charge in [0.1, 0.15) is 0 Å². The van der Waals surface area contributed by atoms with Crippen molar-refractivity contribution in [3.63, 3.8) is 0 Å². The standard InChI is InChI=1S/C18H27N3O5.ClH/c1-24-16-5-3-13(4-6-17(19)20-23)15(18(16)25-2)11-14(22)12-21-7-9-26-10-8-21;/h3-6,14,22-23H,7-12H2,1-2H3,(H2,19,20);1H. The van der Waals surface area contributed by atoms with Crippen LogP contribution in [-0.4, -0.2) is 74.2 Å². The van der Waals surface area contributed by atoms with Gasteiger partial charge >= 0.3 is 0 Å². The summed E-state index contributed by atoms with van der Waals surface area (Å²) >= 11 is 0. The third kappa shape index (κ3) is 6.59. The molecule has 1 saturated heterocycles. The average molecular weight is 402 g/mol. The number of aliphatic hydroxyl groups is 1. The van der Waals surface area contributed by atoms with Crippen molar-refractivity contribution < 1.29 is 24.5 Å². The lowest BCUT2D eigenvalue weighted by atomic mass is 9.98. The number of aliphatic hydroxyl groups excluding tert-OH is 1. The minimum atomic E-state index is -0.579. The highest BCUT2D eigenvalue weighted by Crippen LogP contribution is 2.35. The molecule has 9 heteroatoms. The Bertz CT molecular complexity index is 648. The Hall–Kier alpha value is -2.00. The monoisotopic (exact) mass is 401 g/mol. The maximum absolute atomic E-state index is 10.6. The van der Waals surface area contributed by atoms with Crippen LogP contribution < -0.4 is 15.2 Å². The normalized spacial score (nSPS) is 16.8. The number of methoxy groups -OCH3 is 2. The Kier molecular flexibility index (Phi) is 9.95. The van der Waals surface area contributed by atoms with Gasteiger partial charge in [-0.3, -0.25) is 4.90 Å². The molecule has 0 aliphatic carbocycles. The third-order valence-electron chi connectivity index (χ3n) is 4.25. The van der Waals surface area contributed by atoms with Crippen molar-refractivity contribution in [2.24, 2.45) is 10.9 Å². The fourth-order valence-electron chi connectivity index (χ4n) is 2.96. The second-order valence-corrected chi connectivity index (χ2v) is 6.00. The molecule has 1 fully saturated rings. The molecule has 0 saturated carbocycles. The molecular weight excluding hydrogens is 374 g/mol. The highest BCUT2D eigenvalue weighted by molar-refractivity contribution is 5.94. The highest BCUT2D eigenvalue weighted by atomic mass is 35.5. The van der Waals surface area contributed by atoms with E-state index in [4.69, 9.17) is 25.2 Å². The van der Waals surface area contributed by atoms with E-state index in [-0.39, 0.29) is 18.2 Å². The van der Waals surface area contributed by atoms with Gasteiger partial charge in [-0.25, -0.2) is 0 Å². The van der Waals surface area contributed by atoms with Crippen LogP contribution in [0.25, 0.3) is 6.08 Å². The van der Waals surface area contributed by atoms with Crippen LogP contribution in [0, 0.1) is 0 Å². The Balaban J connectivity index is 0.00000364. The Morgan fingerprint density at radius 2 is 2.04 bits per heavy atom. The van der Waals surface area contributed by atoms with Gasteiger partial charge in [-0.15, -0.1) is 12.4 Å². The number of ether oxygens (including phenoxy) is 3. The summed E-state index contributed by atoms with van der Waals surface area (Å²) in [6.07, 6.45) is 3.01. The van der Waals surface area contributed by atoms with Gasteiger partial charge in [-0.1, -0.05) is 17.3 Å². The predicted molar refractivity (Wildman–Crippen MR) is 106 cm³/mol. The number of amidine groups is 1. The molecule has 0 bridgehead atoms. The van der Waals surface area contributed by atoms with Gasteiger partial charge in [0.2, 0.25) is 0 Å². The smallest absolute Gasteiger partial charge is 0.164 e. The van der Waals surface area contributed by atoms with E-state index in [1.807, 2.05) is 6.07 Å². The van der Waals surface area contributed by atoms with Crippen LogP contribution in [-0.2, 0) is 11.2 Å². The number of benzene rings is 1. The molecule has 1 aliphatic rings. The molecule has 1 aliphatic heterocycles. The van der Waals surface area contributed by atoms with E-state index >= 15 is 0 Å². The molecule has 0 aromatic heterocycles. The zero-order valence-corrected chi connectivity index (χ0v) is 16.4. The maximum Gasteiger partial charge on any atom is 0.164 e. The Morgan fingerprint density at radius 3 is 2.63 bits per heavy atom. The summed E-state index contributed by atoms with van der Waals surface area (Å²) in [5.41, 5.74) is 7.11. The van der Waals surface area contributed by atoms with Crippen molar-refractivity contribution in [2.75, 3.05) is 47.1 Å². The van der Waals surface area contributed by atoms with Crippen molar-refractivity contribution in [1.82, 2.24) is 4.90 Å². The minimum Gasteiger partial charge on any atom is -0.493 e. The molecule has 0 amide bonds. The molecule has 1 aromatic carbocycles. The zero-order valence-electron chi connectivity index (χ0n) is 15.6. The predicted octanol–water partition coefficient (Wildman–Crippen LogP) is 1.12. The van der Waals surface area contributed by atoms with Crippen LogP contribution in [0.5, 0.6) is 11.5 Å². The number of β-amino-alcohol motifs (C(OH)–C–C–N with tert-alkyl or cyclic N) is 1. The SMILES string of the molecule is COc1ccc(C=CC(N)=NO)c(CC(O)CN2CCOCC2)c1OC.Cl. The van der Waals surface area contributed by atoms with Gasteiger partial charge in [0.05, 0.1) is 33.5 Å². The number of nitrogens with zero attached hydrogens (tertiary/aromatic N) is 2.